The Hall–Kier alpha value is -1.91. The number of piperidine rings is 1. The predicted molar refractivity (Wildman–Crippen MR) is 110 cm³/mol. The van der Waals surface area contributed by atoms with Crippen molar-refractivity contribution in [3.8, 4) is 5.75 Å². The molecular formula is C23H30N2O2. The first-order chi connectivity index (χ1) is 13.2. The number of ether oxygens (including phenoxy) is 1. The van der Waals surface area contributed by atoms with Gasteiger partial charge in [0.05, 0.1) is 7.11 Å². The summed E-state index contributed by atoms with van der Waals surface area (Å²) in [5, 5.41) is 5.48. The van der Waals surface area contributed by atoms with Gasteiger partial charge in [0.25, 0.3) is 0 Å². The van der Waals surface area contributed by atoms with Crippen molar-refractivity contribution in [1.82, 2.24) is 10.2 Å². The second-order valence-electron chi connectivity index (χ2n) is 8.00. The summed E-state index contributed by atoms with van der Waals surface area (Å²) in [6.45, 7) is 2.85. The second-order valence-corrected chi connectivity index (χ2v) is 8.00. The van der Waals surface area contributed by atoms with Gasteiger partial charge in [-0.3, -0.25) is 9.69 Å². The van der Waals surface area contributed by atoms with Gasteiger partial charge in [-0.05, 0) is 62.2 Å². The average molecular weight is 367 g/mol. The Labute approximate surface area is 161 Å². The van der Waals surface area contributed by atoms with Crippen LogP contribution >= 0.6 is 0 Å². The van der Waals surface area contributed by atoms with Crippen molar-refractivity contribution in [2.75, 3.05) is 27.2 Å². The zero-order chi connectivity index (χ0) is 18.8. The Bertz CT molecular complexity index is 828. The second kappa shape index (κ2) is 7.99. The van der Waals surface area contributed by atoms with Gasteiger partial charge in [0, 0.05) is 36.2 Å². The van der Waals surface area contributed by atoms with Crippen LogP contribution < -0.4 is 10.1 Å². The third-order valence-corrected chi connectivity index (χ3v) is 6.36. The maximum absolute atomic E-state index is 13.2. The summed E-state index contributed by atoms with van der Waals surface area (Å²) in [6, 6.07) is 11.0. The van der Waals surface area contributed by atoms with Crippen molar-refractivity contribution in [3.63, 3.8) is 0 Å². The number of benzene rings is 2. The highest BCUT2D eigenvalue weighted by Crippen LogP contribution is 2.32. The molecule has 4 heteroatoms. The quantitative estimate of drug-likeness (QED) is 0.784. The lowest BCUT2D eigenvalue weighted by Crippen LogP contribution is -2.47. The van der Waals surface area contributed by atoms with Crippen molar-refractivity contribution >= 4 is 16.6 Å². The SMILES string of the molecule is CNCc1c(OC)ccc2cc(C(=O)[C@H]3CCCN(C4CCC4)C3)ccc12. The predicted octanol–water partition coefficient (Wildman–Crippen LogP) is 4.02. The molecule has 1 aliphatic heterocycles. The number of carbonyl (C=O) groups is 1. The maximum Gasteiger partial charge on any atom is 0.167 e. The first kappa shape index (κ1) is 18.5. The highest BCUT2D eigenvalue weighted by atomic mass is 16.5. The standard InChI is InChI=1S/C23H30N2O2/c1-24-14-21-20-10-8-17(13-16(20)9-11-22(21)27-2)23(26)18-5-4-12-25(15-18)19-6-3-7-19/h8-11,13,18-19,24H,3-7,12,14-15H2,1-2H3/t18-/m0/s1. The molecule has 0 amide bonds. The van der Waals surface area contributed by atoms with Crippen LogP contribution in [0.4, 0.5) is 0 Å². The first-order valence-corrected chi connectivity index (χ1v) is 10.2. The number of hydrogen-bond donors (Lipinski definition) is 1. The minimum atomic E-state index is 0.145. The molecule has 2 aromatic rings. The van der Waals surface area contributed by atoms with Crippen molar-refractivity contribution in [1.29, 1.82) is 0 Å². The van der Waals surface area contributed by atoms with Gasteiger partial charge in [-0.2, -0.15) is 0 Å². The van der Waals surface area contributed by atoms with Gasteiger partial charge < -0.3 is 10.1 Å². The van der Waals surface area contributed by atoms with Gasteiger partial charge >= 0.3 is 0 Å². The molecule has 1 saturated carbocycles. The van der Waals surface area contributed by atoms with Crippen LogP contribution in [0.25, 0.3) is 10.8 Å². The molecule has 1 N–H and O–H groups in total. The zero-order valence-corrected chi connectivity index (χ0v) is 16.5. The maximum atomic E-state index is 13.2. The number of carbonyl (C=O) groups excluding carboxylic acids is 1. The van der Waals surface area contributed by atoms with E-state index in [0.717, 1.165) is 59.6 Å². The van der Waals surface area contributed by atoms with E-state index in [2.05, 4.69) is 28.4 Å². The van der Waals surface area contributed by atoms with Crippen LogP contribution in [-0.2, 0) is 6.54 Å². The number of ketones is 1. The fraction of sp³-hybridized carbons (Fsp3) is 0.522. The average Bonchev–Trinajstić information content (AvgIpc) is 2.66. The van der Waals surface area contributed by atoms with Crippen LogP contribution in [0, 0.1) is 5.92 Å². The smallest absolute Gasteiger partial charge is 0.167 e. The van der Waals surface area contributed by atoms with Gasteiger partial charge in [0.2, 0.25) is 0 Å². The fourth-order valence-electron chi connectivity index (χ4n) is 4.62. The normalized spacial score (nSPS) is 21.2. The van der Waals surface area contributed by atoms with Crippen LogP contribution in [0.1, 0.15) is 48.0 Å². The number of Topliss-reactive ketones (excluding diaryl/α,β-unsaturated/α-hetero) is 1. The van der Waals surface area contributed by atoms with E-state index in [0.29, 0.717) is 5.78 Å². The van der Waals surface area contributed by atoms with E-state index in [1.165, 1.54) is 25.8 Å². The summed E-state index contributed by atoms with van der Waals surface area (Å²) >= 11 is 0. The summed E-state index contributed by atoms with van der Waals surface area (Å²) in [4.78, 5) is 15.7. The van der Waals surface area contributed by atoms with Crippen molar-refractivity contribution in [2.45, 2.75) is 44.7 Å². The van der Waals surface area contributed by atoms with Crippen LogP contribution in [0.5, 0.6) is 5.75 Å². The first-order valence-electron chi connectivity index (χ1n) is 10.2. The Morgan fingerprint density at radius 2 is 2.04 bits per heavy atom. The highest BCUT2D eigenvalue weighted by molar-refractivity contribution is 6.02. The van der Waals surface area contributed by atoms with E-state index in [9.17, 15) is 4.79 Å². The lowest BCUT2D eigenvalue weighted by molar-refractivity contribution is 0.0612. The summed E-state index contributed by atoms with van der Waals surface area (Å²) < 4.78 is 5.52. The highest BCUT2D eigenvalue weighted by Gasteiger charge is 2.32. The third kappa shape index (κ3) is 3.61. The molecule has 1 heterocycles. The molecular weight excluding hydrogens is 336 g/mol. The van der Waals surface area contributed by atoms with Gasteiger partial charge in [0.15, 0.2) is 5.78 Å². The summed E-state index contributed by atoms with van der Waals surface area (Å²) in [5.41, 5.74) is 1.99. The minimum Gasteiger partial charge on any atom is -0.496 e. The fourth-order valence-corrected chi connectivity index (χ4v) is 4.62. The molecule has 144 valence electrons. The Morgan fingerprint density at radius 3 is 2.74 bits per heavy atom. The number of hydrogen-bond acceptors (Lipinski definition) is 4. The lowest BCUT2D eigenvalue weighted by Gasteiger charge is -2.42. The summed E-state index contributed by atoms with van der Waals surface area (Å²) in [5.74, 6) is 1.35. The Morgan fingerprint density at radius 1 is 1.19 bits per heavy atom. The lowest BCUT2D eigenvalue weighted by atomic mass is 9.85. The summed E-state index contributed by atoms with van der Waals surface area (Å²) in [6.07, 6.45) is 6.14. The van der Waals surface area contributed by atoms with E-state index in [-0.39, 0.29) is 5.92 Å². The monoisotopic (exact) mass is 366 g/mol. The molecule has 0 spiro atoms. The van der Waals surface area contributed by atoms with Crippen LogP contribution in [0.15, 0.2) is 30.3 Å². The van der Waals surface area contributed by atoms with E-state index in [1.54, 1.807) is 7.11 Å². The molecule has 1 saturated heterocycles. The largest absolute Gasteiger partial charge is 0.496 e. The molecule has 0 aromatic heterocycles. The van der Waals surface area contributed by atoms with Crippen molar-refractivity contribution in [2.24, 2.45) is 5.92 Å². The van der Waals surface area contributed by atoms with Gasteiger partial charge in [0.1, 0.15) is 5.75 Å². The molecule has 4 nitrogen and oxygen atoms in total. The molecule has 1 atom stereocenters. The third-order valence-electron chi connectivity index (χ3n) is 6.36. The van der Waals surface area contributed by atoms with Gasteiger partial charge in [-0.15, -0.1) is 0 Å². The molecule has 4 rings (SSSR count). The number of rotatable bonds is 6. The van der Waals surface area contributed by atoms with E-state index in [4.69, 9.17) is 4.74 Å². The van der Waals surface area contributed by atoms with E-state index >= 15 is 0 Å². The number of nitrogens with one attached hydrogen (secondary N) is 1. The van der Waals surface area contributed by atoms with E-state index in [1.807, 2.05) is 19.2 Å². The zero-order valence-electron chi connectivity index (χ0n) is 16.5. The minimum absolute atomic E-state index is 0.145. The number of likely N-dealkylation sites (tertiary alicyclic amines) is 1. The Balaban J connectivity index is 1.58. The molecule has 0 radical (unpaired) electrons. The van der Waals surface area contributed by atoms with Crippen LogP contribution in [0.2, 0.25) is 0 Å². The van der Waals surface area contributed by atoms with Gasteiger partial charge in [-0.25, -0.2) is 0 Å². The molecule has 0 unspecified atom stereocenters. The topological polar surface area (TPSA) is 41.6 Å². The van der Waals surface area contributed by atoms with E-state index < -0.39 is 0 Å². The molecule has 2 aromatic carbocycles. The van der Waals surface area contributed by atoms with Crippen molar-refractivity contribution < 1.29 is 9.53 Å². The molecule has 1 aliphatic carbocycles. The Kier molecular flexibility index (Phi) is 5.46. The molecule has 0 bridgehead atoms. The number of methoxy groups -OCH3 is 1. The number of fused-ring (bicyclic) bond motifs is 1. The van der Waals surface area contributed by atoms with Crippen LogP contribution in [0.3, 0.4) is 0 Å². The molecule has 27 heavy (non-hydrogen) atoms. The molecule has 2 fully saturated rings. The van der Waals surface area contributed by atoms with Crippen molar-refractivity contribution in [3.05, 3.63) is 41.5 Å². The van der Waals surface area contributed by atoms with Gasteiger partial charge in [-0.1, -0.05) is 24.6 Å². The summed E-state index contributed by atoms with van der Waals surface area (Å²) in [7, 11) is 3.64. The molecule has 2 aliphatic rings. The van der Waals surface area contributed by atoms with Crippen LogP contribution in [-0.4, -0.2) is 44.0 Å². The number of nitrogens with zero attached hydrogens (tertiary/aromatic N) is 1.